The average Bonchev–Trinajstić information content (AvgIpc) is 3.26. The maximum absolute atomic E-state index is 12.6. The van der Waals surface area contributed by atoms with Gasteiger partial charge in [0.25, 0.3) is 5.91 Å². The van der Waals surface area contributed by atoms with Gasteiger partial charge in [-0.2, -0.15) is 0 Å². The Bertz CT molecular complexity index is 942. The van der Waals surface area contributed by atoms with Gasteiger partial charge in [-0.1, -0.05) is 6.07 Å². The summed E-state index contributed by atoms with van der Waals surface area (Å²) in [6.45, 7) is 3.45. The highest BCUT2D eigenvalue weighted by molar-refractivity contribution is 7.07. The van der Waals surface area contributed by atoms with Gasteiger partial charge in [0.05, 0.1) is 17.2 Å². The quantitative estimate of drug-likeness (QED) is 0.682. The van der Waals surface area contributed by atoms with Crippen LogP contribution in [0.25, 0.3) is 0 Å². The van der Waals surface area contributed by atoms with Gasteiger partial charge in [-0.15, -0.1) is 11.3 Å². The first kappa shape index (κ1) is 18.3. The molecule has 7 heteroatoms. The number of aromatic nitrogens is 1. The first-order chi connectivity index (χ1) is 13.7. The molecule has 1 aliphatic heterocycles. The van der Waals surface area contributed by atoms with Crippen molar-refractivity contribution in [2.45, 2.75) is 19.6 Å². The third kappa shape index (κ3) is 4.26. The Morgan fingerprint density at radius 3 is 2.71 bits per heavy atom. The summed E-state index contributed by atoms with van der Waals surface area (Å²) in [4.78, 5) is 16.7. The third-order valence-corrected chi connectivity index (χ3v) is 5.04. The molecule has 0 fully saturated rings. The highest BCUT2D eigenvalue weighted by Crippen LogP contribution is 2.32. The highest BCUT2D eigenvalue weighted by Gasteiger charge is 2.16. The van der Waals surface area contributed by atoms with Crippen LogP contribution in [0.3, 0.4) is 0 Å². The molecular weight excluding hydrogens is 376 g/mol. The molecule has 0 aliphatic carbocycles. The Hall–Kier alpha value is -3.06. The number of carbonyl (C=O) groups is 1. The molecule has 4 rings (SSSR count). The summed E-state index contributed by atoms with van der Waals surface area (Å²) in [5.41, 5.74) is 4.20. The zero-order valence-electron chi connectivity index (χ0n) is 15.4. The highest BCUT2D eigenvalue weighted by atomic mass is 32.1. The molecular formula is C21H20N2O4S. The number of nitrogens with one attached hydrogen (secondary N) is 1. The van der Waals surface area contributed by atoms with Crippen molar-refractivity contribution in [3.63, 3.8) is 0 Å². The lowest BCUT2D eigenvalue weighted by Gasteiger charge is -2.21. The van der Waals surface area contributed by atoms with Crippen LogP contribution < -0.4 is 19.5 Å². The topological polar surface area (TPSA) is 69.7 Å². The lowest BCUT2D eigenvalue weighted by Crippen LogP contribution is -2.26. The van der Waals surface area contributed by atoms with E-state index >= 15 is 0 Å². The lowest BCUT2D eigenvalue weighted by molar-refractivity contribution is 0.0939. The molecule has 0 bridgehead atoms. The van der Waals surface area contributed by atoms with E-state index in [1.165, 1.54) is 11.3 Å². The van der Waals surface area contributed by atoms with Crippen LogP contribution in [0, 0.1) is 0 Å². The van der Waals surface area contributed by atoms with Crippen molar-refractivity contribution in [2.75, 3.05) is 13.2 Å². The molecule has 1 atom stereocenters. The van der Waals surface area contributed by atoms with Crippen LogP contribution in [-0.2, 0) is 6.61 Å². The van der Waals surface area contributed by atoms with Gasteiger partial charge in [0.1, 0.15) is 25.6 Å². The van der Waals surface area contributed by atoms with E-state index in [1.807, 2.05) is 30.5 Å². The second-order valence-corrected chi connectivity index (χ2v) is 7.11. The molecule has 2 aromatic carbocycles. The summed E-state index contributed by atoms with van der Waals surface area (Å²) in [5.74, 6) is 2.01. The largest absolute Gasteiger partial charge is 0.487 e. The van der Waals surface area contributed by atoms with Crippen LogP contribution in [0.2, 0.25) is 0 Å². The Morgan fingerprint density at radius 1 is 1.18 bits per heavy atom. The average molecular weight is 396 g/mol. The van der Waals surface area contributed by atoms with Gasteiger partial charge in [0.2, 0.25) is 0 Å². The Balaban J connectivity index is 1.36. The van der Waals surface area contributed by atoms with E-state index in [2.05, 4.69) is 10.3 Å². The van der Waals surface area contributed by atoms with Crippen molar-refractivity contribution in [3.8, 4) is 17.2 Å². The van der Waals surface area contributed by atoms with Gasteiger partial charge < -0.3 is 19.5 Å². The van der Waals surface area contributed by atoms with Gasteiger partial charge in [-0.3, -0.25) is 4.79 Å². The van der Waals surface area contributed by atoms with Crippen molar-refractivity contribution < 1.29 is 19.0 Å². The summed E-state index contributed by atoms with van der Waals surface area (Å²) in [7, 11) is 0. The van der Waals surface area contributed by atoms with E-state index in [4.69, 9.17) is 14.2 Å². The number of benzene rings is 2. The zero-order valence-corrected chi connectivity index (χ0v) is 16.2. The van der Waals surface area contributed by atoms with Crippen LogP contribution in [-0.4, -0.2) is 24.1 Å². The van der Waals surface area contributed by atoms with E-state index in [0.717, 1.165) is 17.0 Å². The molecule has 0 spiro atoms. The van der Waals surface area contributed by atoms with Crippen LogP contribution >= 0.6 is 11.3 Å². The summed E-state index contributed by atoms with van der Waals surface area (Å²) < 4.78 is 16.8. The van der Waals surface area contributed by atoms with Crippen molar-refractivity contribution in [3.05, 3.63) is 70.2 Å². The van der Waals surface area contributed by atoms with Crippen LogP contribution in [0.1, 0.15) is 34.6 Å². The number of fused-ring (bicyclic) bond motifs is 1. The van der Waals surface area contributed by atoms with Gasteiger partial charge in [-0.25, -0.2) is 4.98 Å². The molecule has 1 aromatic heterocycles. The van der Waals surface area contributed by atoms with Crippen molar-refractivity contribution in [1.82, 2.24) is 10.3 Å². The second-order valence-electron chi connectivity index (χ2n) is 6.39. The predicted octanol–water partition coefficient (Wildman–Crippen LogP) is 3.98. The van der Waals surface area contributed by atoms with Gasteiger partial charge >= 0.3 is 0 Å². The minimum atomic E-state index is -0.163. The van der Waals surface area contributed by atoms with E-state index in [-0.39, 0.29) is 11.9 Å². The summed E-state index contributed by atoms with van der Waals surface area (Å²) in [6.07, 6.45) is 0. The fourth-order valence-corrected chi connectivity index (χ4v) is 3.40. The molecule has 144 valence electrons. The standard InChI is InChI=1S/C21H20N2O4S/c1-14(16-4-7-19-20(10-16)26-9-8-25-19)23-21(24)15-2-5-18(6-3-15)27-11-17-12-28-13-22-17/h2-7,10,12-14H,8-9,11H2,1H3,(H,23,24)/t14-/m1/s1. The van der Waals surface area contributed by atoms with Crippen LogP contribution in [0.15, 0.2) is 53.4 Å². The van der Waals surface area contributed by atoms with E-state index in [1.54, 1.807) is 29.8 Å². The fraction of sp³-hybridized carbons (Fsp3) is 0.238. The number of carbonyl (C=O) groups excluding carboxylic acids is 1. The third-order valence-electron chi connectivity index (χ3n) is 4.40. The normalized spacial score (nSPS) is 13.6. The predicted molar refractivity (Wildman–Crippen MR) is 106 cm³/mol. The van der Waals surface area contributed by atoms with Crippen LogP contribution in [0.4, 0.5) is 0 Å². The number of ether oxygens (including phenoxy) is 3. The van der Waals surface area contributed by atoms with E-state index in [9.17, 15) is 4.79 Å². The van der Waals surface area contributed by atoms with Gasteiger partial charge in [0.15, 0.2) is 11.5 Å². The number of thiazole rings is 1. The molecule has 2 heterocycles. The molecule has 0 saturated carbocycles. The number of hydrogen-bond acceptors (Lipinski definition) is 6. The molecule has 1 N–H and O–H groups in total. The maximum Gasteiger partial charge on any atom is 0.251 e. The van der Waals surface area contributed by atoms with Crippen molar-refractivity contribution >= 4 is 17.2 Å². The molecule has 0 unspecified atom stereocenters. The smallest absolute Gasteiger partial charge is 0.251 e. The molecule has 1 amide bonds. The van der Waals surface area contributed by atoms with E-state index < -0.39 is 0 Å². The molecule has 1 aliphatic rings. The second kappa shape index (κ2) is 8.31. The number of rotatable bonds is 6. The first-order valence-corrected chi connectivity index (χ1v) is 9.93. The van der Waals surface area contributed by atoms with Crippen LogP contribution in [0.5, 0.6) is 17.2 Å². The van der Waals surface area contributed by atoms with Crippen molar-refractivity contribution in [1.29, 1.82) is 0 Å². The number of nitrogens with zero attached hydrogens (tertiary/aromatic N) is 1. The minimum absolute atomic E-state index is 0.145. The molecule has 0 saturated heterocycles. The summed E-state index contributed by atoms with van der Waals surface area (Å²) >= 11 is 1.53. The fourth-order valence-electron chi connectivity index (χ4n) is 2.86. The molecule has 6 nitrogen and oxygen atoms in total. The Labute approximate surface area is 167 Å². The zero-order chi connectivity index (χ0) is 19.3. The minimum Gasteiger partial charge on any atom is -0.487 e. The van der Waals surface area contributed by atoms with E-state index in [0.29, 0.717) is 36.9 Å². The molecule has 0 radical (unpaired) electrons. The molecule has 28 heavy (non-hydrogen) atoms. The maximum atomic E-state index is 12.6. The number of hydrogen-bond donors (Lipinski definition) is 1. The SMILES string of the molecule is C[C@@H](NC(=O)c1ccc(OCc2cscn2)cc1)c1ccc2c(c1)OCCO2. The Kier molecular flexibility index (Phi) is 5.43. The first-order valence-electron chi connectivity index (χ1n) is 8.99. The molecule has 3 aromatic rings. The monoisotopic (exact) mass is 396 g/mol. The van der Waals surface area contributed by atoms with Crippen molar-refractivity contribution in [2.24, 2.45) is 0 Å². The van der Waals surface area contributed by atoms with Gasteiger partial charge in [-0.05, 0) is 48.9 Å². The lowest BCUT2D eigenvalue weighted by atomic mass is 10.1. The van der Waals surface area contributed by atoms with Gasteiger partial charge in [0, 0.05) is 10.9 Å². The number of amides is 1. The summed E-state index contributed by atoms with van der Waals surface area (Å²) in [5, 5.41) is 4.95. The summed E-state index contributed by atoms with van der Waals surface area (Å²) in [6, 6.07) is 12.6. The Morgan fingerprint density at radius 2 is 1.96 bits per heavy atom.